The zero-order valence-electron chi connectivity index (χ0n) is 13.6. The Bertz CT molecular complexity index is 473. The molecule has 118 valence electrons. The van der Waals surface area contributed by atoms with Crippen LogP contribution in [0.15, 0.2) is 0 Å². The van der Waals surface area contributed by atoms with Crippen molar-refractivity contribution in [3.63, 3.8) is 0 Å². The van der Waals surface area contributed by atoms with Gasteiger partial charge in [0, 0.05) is 6.54 Å². The minimum absolute atomic E-state index is 0.285. The lowest BCUT2D eigenvalue weighted by atomic mass is 10.0. The van der Waals surface area contributed by atoms with E-state index in [1.165, 1.54) is 6.42 Å². The van der Waals surface area contributed by atoms with E-state index in [2.05, 4.69) is 29.4 Å². The van der Waals surface area contributed by atoms with Crippen LogP contribution in [0.25, 0.3) is 0 Å². The van der Waals surface area contributed by atoms with Crippen LogP contribution in [0.3, 0.4) is 0 Å². The number of nitrogens with zero attached hydrogens (tertiary/aromatic N) is 2. The van der Waals surface area contributed by atoms with Gasteiger partial charge < -0.3 is 10.4 Å². The summed E-state index contributed by atoms with van der Waals surface area (Å²) in [7, 11) is 0. The molecule has 0 aromatic carbocycles. The molecule has 0 radical (unpaired) electrons. The largest absolute Gasteiger partial charge is 0.478 e. The lowest BCUT2D eigenvalue weighted by Crippen LogP contribution is -2.15. The molecule has 5 nitrogen and oxygen atoms in total. The summed E-state index contributed by atoms with van der Waals surface area (Å²) < 4.78 is 0. The molecule has 0 atom stereocenters. The Balaban J connectivity index is 2.80. The van der Waals surface area contributed by atoms with Crippen molar-refractivity contribution in [3.8, 4) is 0 Å². The van der Waals surface area contributed by atoms with Crippen molar-refractivity contribution in [2.24, 2.45) is 5.92 Å². The minimum atomic E-state index is -0.930. The van der Waals surface area contributed by atoms with Gasteiger partial charge in [0.15, 0.2) is 5.82 Å². The second-order valence-corrected chi connectivity index (χ2v) is 5.68. The number of aromatic nitrogens is 2. The Morgan fingerprint density at radius 3 is 2.43 bits per heavy atom. The fourth-order valence-electron chi connectivity index (χ4n) is 2.41. The number of nitrogens with one attached hydrogen (secondary N) is 1. The van der Waals surface area contributed by atoms with Crippen molar-refractivity contribution in [1.82, 2.24) is 10.2 Å². The van der Waals surface area contributed by atoms with Crippen molar-refractivity contribution >= 4 is 11.8 Å². The van der Waals surface area contributed by atoms with Crippen molar-refractivity contribution in [1.29, 1.82) is 0 Å². The van der Waals surface area contributed by atoms with Gasteiger partial charge in [-0.2, -0.15) is 5.10 Å². The van der Waals surface area contributed by atoms with Gasteiger partial charge in [-0.3, -0.25) is 0 Å². The summed E-state index contributed by atoms with van der Waals surface area (Å²) in [5, 5.41) is 20.8. The number of anilines is 1. The van der Waals surface area contributed by atoms with Gasteiger partial charge in [0.1, 0.15) is 5.56 Å². The predicted molar refractivity (Wildman–Crippen MR) is 84.9 cm³/mol. The maximum absolute atomic E-state index is 11.5. The Labute approximate surface area is 127 Å². The van der Waals surface area contributed by atoms with Gasteiger partial charge in [-0.25, -0.2) is 4.79 Å². The molecule has 1 rings (SSSR count). The van der Waals surface area contributed by atoms with E-state index < -0.39 is 5.97 Å². The highest BCUT2D eigenvalue weighted by molar-refractivity contribution is 5.95. The van der Waals surface area contributed by atoms with Crippen molar-refractivity contribution in [2.45, 2.75) is 59.8 Å². The van der Waals surface area contributed by atoms with Gasteiger partial charge in [-0.15, -0.1) is 5.10 Å². The molecule has 0 amide bonds. The Hall–Kier alpha value is -1.65. The lowest BCUT2D eigenvalue weighted by Gasteiger charge is -2.13. The summed E-state index contributed by atoms with van der Waals surface area (Å²) in [6, 6.07) is 0. The van der Waals surface area contributed by atoms with Crippen molar-refractivity contribution < 1.29 is 9.90 Å². The van der Waals surface area contributed by atoms with E-state index in [1.807, 2.05) is 13.8 Å². The van der Waals surface area contributed by atoms with Crippen LogP contribution < -0.4 is 5.32 Å². The second kappa shape index (κ2) is 8.60. The first-order chi connectivity index (χ1) is 10.0. The molecule has 0 saturated carbocycles. The van der Waals surface area contributed by atoms with Crippen molar-refractivity contribution in [2.75, 3.05) is 11.9 Å². The Morgan fingerprint density at radius 1 is 1.19 bits per heavy atom. The fourth-order valence-corrected chi connectivity index (χ4v) is 2.41. The van der Waals surface area contributed by atoms with Crippen LogP contribution in [-0.4, -0.2) is 27.8 Å². The predicted octanol–water partition coefficient (Wildman–Crippen LogP) is 3.54. The van der Waals surface area contributed by atoms with Crippen LogP contribution in [0.2, 0.25) is 0 Å². The molecule has 0 saturated heterocycles. The molecule has 5 heteroatoms. The molecular formula is C16H27N3O2. The summed E-state index contributed by atoms with van der Waals surface area (Å²) >= 11 is 0. The average molecular weight is 293 g/mol. The summed E-state index contributed by atoms with van der Waals surface area (Å²) in [4.78, 5) is 11.5. The van der Waals surface area contributed by atoms with Crippen LogP contribution >= 0.6 is 0 Å². The van der Waals surface area contributed by atoms with Gasteiger partial charge in [0.2, 0.25) is 0 Å². The first kappa shape index (κ1) is 17.4. The molecule has 0 aliphatic heterocycles. The monoisotopic (exact) mass is 293 g/mol. The standard InChI is InChI=1S/C16H27N3O2/c1-5-12-13(6-2)18-19-15(14(12)16(20)21)17-10-8-7-9-11(3)4/h11H,5-10H2,1-4H3,(H,17,19)(H,20,21). The minimum Gasteiger partial charge on any atom is -0.478 e. The molecule has 1 aromatic rings. The summed E-state index contributed by atoms with van der Waals surface area (Å²) in [6.07, 6.45) is 4.69. The number of hydrogen-bond acceptors (Lipinski definition) is 4. The fraction of sp³-hybridized carbons (Fsp3) is 0.688. The smallest absolute Gasteiger partial charge is 0.339 e. The van der Waals surface area contributed by atoms with E-state index in [0.29, 0.717) is 24.6 Å². The van der Waals surface area contributed by atoms with E-state index in [9.17, 15) is 9.90 Å². The first-order valence-corrected chi connectivity index (χ1v) is 7.86. The summed E-state index contributed by atoms with van der Waals surface area (Å²) in [5.74, 6) is 0.178. The highest BCUT2D eigenvalue weighted by Gasteiger charge is 2.19. The lowest BCUT2D eigenvalue weighted by molar-refractivity contribution is 0.0696. The van der Waals surface area contributed by atoms with Gasteiger partial charge in [0.25, 0.3) is 0 Å². The van der Waals surface area contributed by atoms with E-state index >= 15 is 0 Å². The van der Waals surface area contributed by atoms with E-state index in [0.717, 1.165) is 30.6 Å². The highest BCUT2D eigenvalue weighted by atomic mass is 16.4. The third-order valence-electron chi connectivity index (χ3n) is 3.56. The molecule has 1 aromatic heterocycles. The van der Waals surface area contributed by atoms with Gasteiger partial charge in [0.05, 0.1) is 5.69 Å². The summed E-state index contributed by atoms with van der Waals surface area (Å²) in [5.41, 5.74) is 1.86. The molecule has 0 fully saturated rings. The number of carboxylic acids is 1. The van der Waals surface area contributed by atoms with Crippen LogP contribution in [-0.2, 0) is 12.8 Å². The van der Waals surface area contributed by atoms with Gasteiger partial charge in [-0.05, 0) is 30.7 Å². The zero-order chi connectivity index (χ0) is 15.8. The van der Waals surface area contributed by atoms with Gasteiger partial charge in [-0.1, -0.05) is 40.5 Å². The van der Waals surface area contributed by atoms with E-state index in [-0.39, 0.29) is 5.56 Å². The van der Waals surface area contributed by atoms with Crippen LogP contribution in [0.4, 0.5) is 5.82 Å². The van der Waals surface area contributed by atoms with Crippen LogP contribution in [0.5, 0.6) is 0 Å². The average Bonchev–Trinajstić information content (AvgIpc) is 2.45. The zero-order valence-corrected chi connectivity index (χ0v) is 13.6. The Morgan fingerprint density at radius 2 is 1.90 bits per heavy atom. The molecule has 2 N–H and O–H groups in total. The number of carbonyl (C=O) groups is 1. The van der Waals surface area contributed by atoms with Gasteiger partial charge >= 0.3 is 5.97 Å². The SMILES string of the molecule is CCc1nnc(NCCCCC(C)C)c(C(=O)O)c1CC. The number of aromatic carboxylic acids is 1. The molecule has 1 heterocycles. The highest BCUT2D eigenvalue weighted by Crippen LogP contribution is 2.21. The maximum Gasteiger partial charge on any atom is 0.339 e. The molecular weight excluding hydrogens is 266 g/mol. The Kier molecular flexibility index (Phi) is 7.12. The number of unbranched alkanes of at least 4 members (excludes halogenated alkanes) is 1. The molecule has 0 bridgehead atoms. The number of aryl methyl sites for hydroxylation is 1. The molecule has 0 spiro atoms. The van der Waals surface area contributed by atoms with Crippen LogP contribution in [0.1, 0.15) is 68.6 Å². The summed E-state index contributed by atoms with van der Waals surface area (Å²) in [6.45, 7) is 9.07. The van der Waals surface area contributed by atoms with E-state index in [4.69, 9.17) is 0 Å². The topological polar surface area (TPSA) is 75.1 Å². The number of rotatable bonds is 9. The van der Waals surface area contributed by atoms with Crippen molar-refractivity contribution in [3.05, 3.63) is 16.8 Å². The number of carboxylic acid groups (broad SMARTS) is 1. The van der Waals surface area contributed by atoms with E-state index in [1.54, 1.807) is 0 Å². The third-order valence-corrected chi connectivity index (χ3v) is 3.56. The third kappa shape index (κ3) is 4.99. The van der Waals surface area contributed by atoms with Crippen LogP contribution in [0, 0.1) is 5.92 Å². The maximum atomic E-state index is 11.5. The first-order valence-electron chi connectivity index (χ1n) is 7.86. The molecule has 21 heavy (non-hydrogen) atoms. The molecule has 0 unspecified atom stereocenters. The normalized spacial score (nSPS) is 10.9. The number of hydrogen-bond donors (Lipinski definition) is 2. The second-order valence-electron chi connectivity index (χ2n) is 5.68. The quantitative estimate of drug-likeness (QED) is 0.681. The molecule has 0 aliphatic carbocycles. The molecule has 0 aliphatic rings.